The summed E-state index contributed by atoms with van der Waals surface area (Å²) in [6.45, 7) is 4.82. The topological polar surface area (TPSA) is 71.3 Å². The number of nitrogens with zero attached hydrogens (tertiary/aromatic N) is 5. The number of aromatic nitrogens is 3. The van der Waals surface area contributed by atoms with Gasteiger partial charge in [0.2, 0.25) is 11.8 Å². The minimum absolute atomic E-state index is 0.0724. The van der Waals surface area contributed by atoms with Gasteiger partial charge in [0, 0.05) is 63.9 Å². The molecule has 2 amide bonds. The molecule has 1 saturated heterocycles. The zero-order chi connectivity index (χ0) is 22.3. The fourth-order valence-electron chi connectivity index (χ4n) is 4.19. The second kappa shape index (κ2) is 10.2. The molecule has 3 aromatic rings. The Hall–Kier alpha value is -3.48. The van der Waals surface area contributed by atoms with Crippen LogP contribution in [0.2, 0.25) is 0 Å². The van der Waals surface area contributed by atoms with Crippen molar-refractivity contribution in [3.8, 4) is 11.1 Å². The van der Waals surface area contributed by atoms with Gasteiger partial charge in [-0.15, -0.1) is 0 Å². The summed E-state index contributed by atoms with van der Waals surface area (Å²) in [5.74, 6) is -0.0373. The lowest BCUT2D eigenvalue weighted by Gasteiger charge is -2.23. The molecule has 0 aliphatic carbocycles. The minimum Gasteiger partial charge on any atom is -0.341 e. The normalized spacial score (nSPS) is 16.8. The van der Waals surface area contributed by atoms with Crippen molar-refractivity contribution in [2.75, 3.05) is 26.2 Å². The third-order valence-corrected chi connectivity index (χ3v) is 6.02. The molecule has 0 N–H and O–H groups in total. The molecule has 1 aromatic carbocycles. The van der Waals surface area contributed by atoms with E-state index in [1.54, 1.807) is 17.1 Å². The van der Waals surface area contributed by atoms with Crippen molar-refractivity contribution in [1.82, 2.24) is 24.6 Å². The first-order chi connectivity index (χ1) is 15.6. The highest BCUT2D eigenvalue weighted by Gasteiger charge is 2.31. The van der Waals surface area contributed by atoms with Crippen molar-refractivity contribution >= 4 is 11.8 Å². The molecule has 2 aromatic heterocycles. The zero-order valence-electron chi connectivity index (χ0n) is 18.4. The van der Waals surface area contributed by atoms with E-state index in [0.29, 0.717) is 45.6 Å². The van der Waals surface area contributed by atoms with Crippen LogP contribution in [-0.4, -0.2) is 62.6 Å². The summed E-state index contributed by atoms with van der Waals surface area (Å²) in [5, 5.41) is 4.17. The van der Waals surface area contributed by atoms with Crippen LogP contribution < -0.4 is 0 Å². The zero-order valence-corrected chi connectivity index (χ0v) is 18.4. The maximum absolute atomic E-state index is 13.1. The third kappa shape index (κ3) is 5.22. The molecule has 166 valence electrons. The highest BCUT2D eigenvalue weighted by atomic mass is 16.2. The second-order valence-corrected chi connectivity index (χ2v) is 8.12. The van der Waals surface area contributed by atoms with E-state index in [1.165, 1.54) is 0 Å². The van der Waals surface area contributed by atoms with E-state index in [1.807, 2.05) is 47.3 Å². The molecule has 0 bridgehead atoms. The van der Waals surface area contributed by atoms with Crippen LogP contribution in [0.5, 0.6) is 0 Å². The minimum atomic E-state index is -0.240. The van der Waals surface area contributed by atoms with Crippen molar-refractivity contribution in [2.24, 2.45) is 5.92 Å². The van der Waals surface area contributed by atoms with Crippen molar-refractivity contribution in [3.05, 3.63) is 72.8 Å². The van der Waals surface area contributed by atoms with Gasteiger partial charge in [-0.25, -0.2) is 0 Å². The molecule has 1 aliphatic heterocycles. The average Bonchev–Trinajstić information content (AvgIpc) is 3.30. The number of rotatable bonds is 7. The predicted octanol–water partition coefficient (Wildman–Crippen LogP) is 2.88. The van der Waals surface area contributed by atoms with Gasteiger partial charge in [-0.2, -0.15) is 5.10 Å². The van der Waals surface area contributed by atoms with Crippen molar-refractivity contribution in [1.29, 1.82) is 0 Å². The van der Waals surface area contributed by atoms with Crippen LogP contribution in [0, 0.1) is 5.92 Å². The number of carbonyl (C=O) groups excluding carboxylic acids is 2. The highest BCUT2D eigenvalue weighted by molar-refractivity contribution is 5.82. The monoisotopic (exact) mass is 431 g/mol. The van der Waals surface area contributed by atoms with Crippen LogP contribution in [0.1, 0.15) is 18.9 Å². The molecule has 4 rings (SSSR count). The van der Waals surface area contributed by atoms with Crippen molar-refractivity contribution in [3.63, 3.8) is 0 Å². The van der Waals surface area contributed by atoms with E-state index in [4.69, 9.17) is 0 Å². The van der Waals surface area contributed by atoms with E-state index >= 15 is 0 Å². The summed E-state index contributed by atoms with van der Waals surface area (Å²) in [7, 11) is 0. The van der Waals surface area contributed by atoms with Gasteiger partial charge in [-0.1, -0.05) is 30.3 Å². The molecule has 0 radical (unpaired) electrons. The Bertz CT molecular complexity index is 1020. The SMILES string of the molecule is CCN1CCN(C(=O)CCn2cccn2)C[C@H](Cc2ccc(-c3cccnc3)cc2)C1=O. The van der Waals surface area contributed by atoms with E-state index in [-0.39, 0.29) is 17.7 Å². The molecule has 32 heavy (non-hydrogen) atoms. The lowest BCUT2D eigenvalue weighted by atomic mass is 9.96. The van der Waals surface area contributed by atoms with E-state index in [0.717, 1.165) is 16.7 Å². The molecular weight excluding hydrogens is 402 g/mol. The molecule has 0 unspecified atom stereocenters. The molecule has 3 heterocycles. The van der Waals surface area contributed by atoms with Gasteiger partial charge in [-0.05, 0) is 42.2 Å². The van der Waals surface area contributed by atoms with Gasteiger partial charge in [0.05, 0.1) is 5.92 Å². The number of benzene rings is 1. The highest BCUT2D eigenvalue weighted by Crippen LogP contribution is 2.22. The van der Waals surface area contributed by atoms with Crippen LogP contribution in [0.15, 0.2) is 67.3 Å². The Balaban J connectivity index is 1.45. The molecular formula is C25H29N5O2. The number of amides is 2. The number of likely N-dealkylation sites (N-methyl/N-ethyl adjacent to an activating group) is 1. The van der Waals surface area contributed by atoms with E-state index in [9.17, 15) is 9.59 Å². The standard InChI is InChI=1S/C25H29N5O2/c1-2-28-15-16-29(24(31)10-14-30-13-4-12-27-30)19-23(25(28)32)17-20-6-8-21(9-7-20)22-5-3-11-26-18-22/h3-9,11-13,18,23H,2,10,14-17,19H2,1H3/t23-/m0/s1. The molecule has 7 heteroatoms. The maximum atomic E-state index is 13.1. The second-order valence-electron chi connectivity index (χ2n) is 8.12. The third-order valence-electron chi connectivity index (χ3n) is 6.02. The largest absolute Gasteiger partial charge is 0.341 e. The first-order valence-corrected chi connectivity index (χ1v) is 11.2. The molecule has 7 nitrogen and oxygen atoms in total. The lowest BCUT2D eigenvalue weighted by molar-refractivity contribution is -0.134. The van der Waals surface area contributed by atoms with Gasteiger partial charge in [-0.3, -0.25) is 19.3 Å². The molecule has 1 fully saturated rings. The number of carbonyl (C=O) groups is 2. The Morgan fingerprint density at radius 2 is 1.91 bits per heavy atom. The number of pyridine rings is 1. The quantitative estimate of drug-likeness (QED) is 0.577. The number of hydrogen-bond donors (Lipinski definition) is 0. The van der Waals surface area contributed by atoms with Crippen LogP contribution in [0.4, 0.5) is 0 Å². The molecule has 1 aliphatic rings. The van der Waals surface area contributed by atoms with Crippen LogP contribution in [0.25, 0.3) is 11.1 Å². The van der Waals surface area contributed by atoms with Gasteiger partial charge < -0.3 is 9.80 Å². The molecule has 0 spiro atoms. The smallest absolute Gasteiger partial charge is 0.227 e. The summed E-state index contributed by atoms with van der Waals surface area (Å²) in [6, 6.07) is 14.1. The Labute approximate surface area is 188 Å². The summed E-state index contributed by atoms with van der Waals surface area (Å²) in [4.78, 5) is 33.9. The fraction of sp³-hybridized carbons (Fsp3) is 0.360. The van der Waals surface area contributed by atoms with Gasteiger partial charge in [0.15, 0.2) is 0 Å². The predicted molar refractivity (Wildman–Crippen MR) is 123 cm³/mol. The fourth-order valence-corrected chi connectivity index (χ4v) is 4.19. The van der Waals surface area contributed by atoms with Gasteiger partial charge >= 0.3 is 0 Å². The number of hydrogen-bond acceptors (Lipinski definition) is 4. The summed E-state index contributed by atoms with van der Waals surface area (Å²) >= 11 is 0. The van der Waals surface area contributed by atoms with Crippen LogP contribution >= 0.6 is 0 Å². The maximum Gasteiger partial charge on any atom is 0.227 e. The van der Waals surface area contributed by atoms with E-state index < -0.39 is 0 Å². The van der Waals surface area contributed by atoms with Crippen LogP contribution in [-0.2, 0) is 22.6 Å². The van der Waals surface area contributed by atoms with Crippen LogP contribution in [0.3, 0.4) is 0 Å². The number of aryl methyl sites for hydroxylation is 1. The van der Waals surface area contributed by atoms with Gasteiger partial charge in [0.1, 0.15) is 0 Å². The van der Waals surface area contributed by atoms with Crippen molar-refractivity contribution < 1.29 is 9.59 Å². The average molecular weight is 432 g/mol. The first-order valence-electron chi connectivity index (χ1n) is 11.2. The first kappa shape index (κ1) is 21.7. The summed E-state index contributed by atoms with van der Waals surface area (Å²) in [6.07, 6.45) is 8.17. The van der Waals surface area contributed by atoms with Gasteiger partial charge in [0.25, 0.3) is 0 Å². The summed E-state index contributed by atoms with van der Waals surface area (Å²) < 4.78 is 1.76. The van der Waals surface area contributed by atoms with E-state index in [2.05, 4.69) is 34.3 Å². The molecule has 1 atom stereocenters. The Kier molecular flexibility index (Phi) is 6.94. The Morgan fingerprint density at radius 1 is 1.06 bits per heavy atom. The lowest BCUT2D eigenvalue weighted by Crippen LogP contribution is -2.38. The molecule has 0 saturated carbocycles. The Morgan fingerprint density at radius 3 is 2.59 bits per heavy atom. The van der Waals surface area contributed by atoms with Crippen molar-refractivity contribution in [2.45, 2.75) is 26.3 Å². The summed E-state index contributed by atoms with van der Waals surface area (Å²) in [5.41, 5.74) is 3.26.